The molecule has 0 aromatic rings. The second-order valence-electron chi connectivity index (χ2n) is 4.53. The van der Waals surface area contributed by atoms with Crippen molar-refractivity contribution in [2.45, 2.75) is 39.5 Å². The molecule has 4 N–H and O–H groups in total. The summed E-state index contributed by atoms with van der Waals surface area (Å²) in [5, 5.41) is 15.0. The van der Waals surface area contributed by atoms with E-state index in [1.807, 2.05) is 13.8 Å². The van der Waals surface area contributed by atoms with Gasteiger partial charge in [-0.2, -0.15) is 0 Å². The fourth-order valence-electron chi connectivity index (χ4n) is 1.36. The summed E-state index contributed by atoms with van der Waals surface area (Å²) in [6.45, 7) is 5.84. The zero-order valence-electron chi connectivity index (χ0n) is 10.3. The fraction of sp³-hybridized carbons (Fsp3) is 0.750. The summed E-state index contributed by atoms with van der Waals surface area (Å²) in [6, 6.07) is 0. The van der Waals surface area contributed by atoms with E-state index < -0.39 is 0 Å². The van der Waals surface area contributed by atoms with Crippen LogP contribution in [0.4, 0.5) is 0 Å². The van der Waals surface area contributed by atoms with Crippen LogP contribution in [-0.4, -0.2) is 24.1 Å². The van der Waals surface area contributed by atoms with Crippen LogP contribution in [0.5, 0.6) is 0 Å². The van der Waals surface area contributed by atoms with Crippen molar-refractivity contribution < 1.29 is 5.21 Å². The molecule has 0 aromatic carbocycles. The lowest BCUT2D eigenvalue weighted by Gasteiger charge is -2.22. The lowest BCUT2D eigenvalue weighted by molar-refractivity contribution is 0.304. The predicted octanol–water partition coefficient (Wildman–Crippen LogP) is 1.54. The Morgan fingerprint density at radius 1 is 1.44 bits per heavy atom. The molecule has 0 aliphatic rings. The Hall–Kier alpha value is -1.21. The van der Waals surface area contributed by atoms with Crippen LogP contribution in [0.2, 0.25) is 0 Å². The van der Waals surface area contributed by atoms with Crippen molar-refractivity contribution in [1.29, 1.82) is 0 Å². The number of terminal acetylenes is 1. The maximum atomic E-state index is 8.60. The molecule has 92 valence electrons. The van der Waals surface area contributed by atoms with Crippen molar-refractivity contribution in [3.63, 3.8) is 0 Å². The predicted molar refractivity (Wildman–Crippen MR) is 67.4 cm³/mol. The first-order chi connectivity index (χ1) is 7.54. The number of nitrogens with two attached hydrogens (primary N) is 1. The smallest absolute Gasteiger partial charge is 0.144 e. The molecular weight excluding hydrogens is 202 g/mol. The molecule has 0 aliphatic carbocycles. The SMILES string of the molecule is C#CCCCNCCCC(C)(C)C(N)=NO. The minimum atomic E-state index is -0.241. The van der Waals surface area contributed by atoms with Gasteiger partial charge >= 0.3 is 0 Å². The molecule has 0 aromatic heterocycles. The summed E-state index contributed by atoms with van der Waals surface area (Å²) >= 11 is 0. The van der Waals surface area contributed by atoms with Crippen LogP contribution in [0.25, 0.3) is 0 Å². The Bertz CT molecular complexity index is 253. The first kappa shape index (κ1) is 14.8. The number of nitrogens with zero attached hydrogens (tertiary/aromatic N) is 1. The summed E-state index contributed by atoms with van der Waals surface area (Å²) in [4.78, 5) is 0. The van der Waals surface area contributed by atoms with Crippen LogP contribution in [-0.2, 0) is 0 Å². The van der Waals surface area contributed by atoms with E-state index in [0.717, 1.165) is 38.8 Å². The largest absolute Gasteiger partial charge is 0.409 e. The topological polar surface area (TPSA) is 70.6 Å². The van der Waals surface area contributed by atoms with Gasteiger partial charge in [0, 0.05) is 11.8 Å². The van der Waals surface area contributed by atoms with E-state index in [1.54, 1.807) is 0 Å². The third-order valence-electron chi connectivity index (χ3n) is 2.63. The van der Waals surface area contributed by atoms with Gasteiger partial charge in [-0.05, 0) is 32.4 Å². The van der Waals surface area contributed by atoms with Gasteiger partial charge in [0.15, 0.2) is 0 Å². The Morgan fingerprint density at radius 3 is 2.62 bits per heavy atom. The Balaban J connectivity index is 3.55. The van der Waals surface area contributed by atoms with Crippen LogP contribution in [0.1, 0.15) is 39.5 Å². The van der Waals surface area contributed by atoms with E-state index in [0.29, 0.717) is 5.84 Å². The average molecular weight is 225 g/mol. The molecule has 4 heteroatoms. The third kappa shape index (κ3) is 6.31. The molecule has 0 fully saturated rings. The molecule has 4 nitrogen and oxygen atoms in total. The van der Waals surface area contributed by atoms with Gasteiger partial charge in [0.05, 0.1) is 0 Å². The standard InChI is InChI=1S/C12H23N3O/c1-4-5-6-9-14-10-7-8-12(2,3)11(13)15-16/h1,14,16H,5-10H2,2-3H3,(H2,13,15). The van der Waals surface area contributed by atoms with Crippen LogP contribution in [0.15, 0.2) is 5.16 Å². The van der Waals surface area contributed by atoms with Crippen molar-refractivity contribution in [2.75, 3.05) is 13.1 Å². The highest BCUT2D eigenvalue weighted by molar-refractivity contribution is 5.85. The number of nitrogens with one attached hydrogen (secondary N) is 1. The highest BCUT2D eigenvalue weighted by Gasteiger charge is 2.22. The van der Waals surface area contributed by atoms with E-state index in [2.05, 4.69) is 16.4 Å². The second-order valence-corrected chi connectivity index (χ2v) is 4.53. The molecule has 0 rings (SSSR count). The Kier molecular flexibility index (Phi) is 7.40. The highest BCUT2D eigenvalue weighted by atomic mass is 16.4. The minimum absolute atomic E-state index is 0.241. The van der Waals surface area contributed by atoms with Gasteiger partial charge in [0.2, 0.25) is 0 Å². The number of oxime groups is 1. The van der Waals surface area contributed by atoms with Crippen molar-refractivity contribution in [1.82, 2.24) is 5.32 Å². The Labute approximate surface area is 98.3 Å². The molecule has 0 spiro atoms. The van der Waals surface area contributed by atoms with E-state index in [4.69, 9.17) is 17.4 Å². The number of hydrogen-bond acceptors (Lipinski definition) is 3. The van der Waals surface area contributed by atoms with Gasteiger partial charge in [-0.1, -0.05) is 19.0 Å². The highest BCUT2D eigenvalue weighted by Crippen LogP contribution is 2.21. The maximum Gasteiger partial charge on any atom is 0.144 e. The van der Waals surface area contributed by atoms with Gasteiger partial charge in [0.25, 0.3) is 0 Å². The van der Waals surface area contributed by atoms with Crippen LogP contribution < -0.4 is 11.1 Å². The van der Waals surface area contributed by atoms with Crippen molar-refractivity contribution >= 4 is 5.84 Å². The van der Waals surface area contributed by atoms with Gasteiger partial charge in [-0.15, -0.1) is 12.3 Å². The molecule has 0 aliphatic heterocycles. The zero-order valence-corrected chi connectivity index (χ0v) is 10.3. The number of amidine groups is 1. The van der Waals surface area contributed by atoms with E-state index in [9.17, 15) is 0 Å². The van der Waals surface area contributed by atoms with Crippen LogP contribution in [0.3, 0.4) is 0 Å². The molecule has 0 unspecified atom stereocenters. The van der Waals surface area contributed by atoms with Crippen LogP contribution >= 0.6 is 0 Å². The van der Waals surface area contributed by atoms with Gasteiger partial charge < -0.3 is 16.3 Å². The van der Waals surface area contributed by atoms with Gasteiger partial charge in [-0.25, -0.2) is 0 Å². The van der Waals surface area contributed by atoms with E-state index >= 15 is 0 Å². The minimum Gasteiger partial charge on any atom is -0.409 e. The molecule has 0 amide bonds. The number of hydrogen-bond donors (Lipinski definition) is 3. The summed E-state index contributed by atoms with van der Waals surface area (Å²) in [5.74, 6) is 2.90. The summed E-state index contributed by atoms with van der Waals surface area (Å²) < 4.78 is 0. The van der Waals surface area contributed by atoms with E-state index in [-0.39, 0.29) is 5.41 Å². The molecule has 0 heterocycles. The van der Waals surface area contributed by atoms with Crippen LogP contribution in [0, 0.1) is 17.8 Å². The van der Waals surface area contributed by atoms with Gasteiger partial charge in [-0.3, -0.25) is 0 Å². The summed E-state index contributed by atoms with van der Waals surface area (Å²) in [5.41, 5.74) is 5.35. The van der Waals surface area contributed by atoms with Crippen molar-refractivity contribution in [3.05, 3.63) is 0 Å². The normalized spacial score (nSPS) is 12.4. The Morgan fingerprint density at radius 2 is 2.06 bits per heavy atom. The monoisotopic (exact) mass is 225 g/mol. The number of rotatable bonds is 8. The maximum absolute atomic E-state index is 8.60. The molecule has 0 radical (unpaired) electrons. The first-order valence-electron chi connectivity index (χ1n) is 5.67. The fourth-order valence-corrected chi connectivity index (χ4v) is 1.36. The van der Waals surface area contributed by atoms with Crippen molar-refractivity contribution in [3.8, 4) is 12.3 Å². The third-order valence-corrected chi connectivity index (χ3v) is 2.63. The van der Waals surface area contributed by atoms with Gasteiger partial charge in [0.1, 0.15) is 5.84 Å². The molecular formula is C12H23N3O. The molecule has 0 bridgehead atoms. The lowest BCUT2D eigenvalue weighted by atomic mass is 9.86. The first-order valence-corrected chi connectivity index (χ1v) is 5.67. The zero-order chi connectivity index (χ0) is 12.4. The second kappa shape index (κ2) is 8.00. The average Bonchev–Trinajstić information content (AvgIpc) is 2.26. The van der Waals surface area contributed by atoms with Crippen molar-refractivity contribution in [2.24, 2.45) is 16.3 Å². The lowest BCUT2D eigenvalue weighted by Crippen LogP contribution is -2.32. The summed E-state index contributed by atoms with van der Waals surface area (Å²) in [7, 11) is 0. The molecule has 0 saturated heterocycles. The number of unbranched alkanes of at least 4 members (excludes halogenated alkanes) is 1. The summed E-state index contributed by atoms with van der Waals surface area (Å²) in [6.07, 6.45) is 8.88. The molecule has 16 heavy (non-hydrogen) atoms. The quantitative estimate of drug-likeness (QED) is 0.146. The molecule has 0 saturated carbocycles. The van der Waals surface area contributed by atoms with E-state index in [1.165, 1.54) is 0 Å². The molecule has 0 atom stereocenters.